The van der Waals surface area contributed by atoms with Gasteiger partial charge in [-0.2, -0.15) is 0 Å². The second-order valence-corrected chi connectivity index (χ2v) is 7.65. The van der Waals surface area contributed by atoms with Crippen LogP contribution >= 0.6 is 11.8 Å². The highest BCUT2D eigenvalue weighted by Gasteiger charge is 2.16. The molecule has 0 fully saturated rings. The molecule has 1 N–H and O–H groups in total. The van der Waals surface area contributed by atoms with Gasteiger partial charge < -0.3 is 18.9 Å². The number of benzene rings is 2. The molecule has 152 valence electrons. The Morgan fingerprint density at radius 1 is 0.900 bits per heavy atom. The second-order valence-electron chi connectivity index (χ2n) is 6.60. The highest BCUT2D eigenvalue weighted by atomic mass is 32.2. The van der Waals surface area contributed by atoms with Crippen molar-refractivity contribution in [3.05, 3.63) is 108 Å². The molecule has 0 spiro atoms. The van der Waals surface area contributed by atoms with E-state index in [1.165, 1.54) is 0 Å². The van der Waals surface area contributed by atoms with Gasteiger partial charge >= 0.3 is 0 Å². The minimum Gasteiger partial charge on any atom is -0.467 e. The summed E-state index contributed by atoms with van der Waals surface area (Å²) in [6.45, 7) is 0.822. The molecule has 5 nitrogen and oxygen atoms in total. The molecule has 0 aliphatic carbocycles. The lowest BCUT2D eigenvalue weighted by Gasteiger charge is -2.08. The van der Waals surface area contributed by atoms with Crippen LogP contribution in [0.25, 0.3) is 0 Å². The van der Waals surface area contributed by atoms with Crippen molar-refractivity contribution in [3.8, 4) is 0 Å². The fourth-order valence-corrected chi connectivity index (χ4v) is 3.82. The van der Waals surface area contributed by atoms with Gasteiger partial charge in [-0.05, 0) is 48.0 Å². The maximum atomic E-state index is 12.7. The molecule has 0 saturated heterocycles. The van der Waals surface area contributed by atoms with E-state index in [1.807, 2.05) is 72.8 Å². The standard InChI is InChI=1S/C24H21NO4S/c26-24(23-19(11-13-29-23)17-30-22-9-2-1-3-10-22)25-20-7-4-6-18(14-20)15-27-16-21-8-5-12-28-21/h1-14H,15-17H2,(H,25,26). The van der Waals surface area contributed by atoms with E-state index in [9.17, 15) is 4.79 Å². The summed E-state index contributed by atoms with van der Waals surface area (Å²) in [6, 6.07) is 23.2. The Morgan fingerprint density at radius 3 is 2.63 bits per heavy atom. The first kappa shape index (κ1) is 20.1. The van der Waals surface area contributed by atoms with Gasteiger partial charge in [0.25, 0.3) is 5.91 Å². The lowest BCUT2D eigenvalue weighted by Crippen LogP contribution is -2.13. The van der Waals surface area contributed by atoms with Gasteiger partial charge in [0.1, 0.15) is 12.4 Å². The number of carbonyl (C=O) groups excluding carboxylic acids is 1. The highest BCUT2D eigenvalue weighted by Crippen LogP contribution is 2.25. The molecular formula is C24H21NO4S. The number of furan rings is 2. The summed E-state index contributed by atoms with van der Waals surface area (Å²) in [5.41, 5.74) is 2.51. The van der Waals surface area contributed by atoms with Crippen LogP contribution in [0, 0.1) is 0 Å². The van der Waals surface area contributed by atoms with E-state index in [4.69, 9.17) is 13.6 Å². The average molecular weight is 420 g/mol. The Balaban J connectivity index is 1.34. The minimum atomic E-state index is -0.266. The third-order valence-electron chi connectivity index (χ3n) is 4.37. The number of carbonyl (C=O) groups is 1. The molecule has 4 aromatic rings. The number of nitrogens with one attached hydrogen (secondary N) is 1. The van der Waals surface area contributed by atoms with Gasteiger partial charge in [-0.3, -0.25) is 4.79 Å². The van der Waals surface area contributed by atoms with E-state index in [0.717, 1.165) is 21.8 Å². The molecule has 0 unspecified atom stereocenters. The normalized spacial score (nSPS) is 10.8. The van der Waals surface area contributed by atoms with E-state index in [0.29, 0.717) is 30.4 Å². The maximum absolute atomic E-state index is 12.7. The highest BCUT2D eigenvalue weighted by molar-refractivity contribution is 7.98. The number of hydrogen-bond donors (Lipinski definition) is 1. The van der Waals surface area contributed by atoms with E-state index < -0.39 is 0 Å². The molecule has 0 atom stereocenters. The van der Waals surface area contributed by atoms with Crippen molar-refractivity contribution in [1.29, 1.82) is 0 Å². The average Bonchev–Trinajstić information content (AvgIpc) is 3.45. The van der Waals surface area contributed by atoms with Crippen LogP contribution in [-0.4, -0.2) is 5.91 Å². The fraction of sp³-hybridized carbons (Fsp3) is 0.125. The van der Waals surface area contributed by atoms with Crippen molar-refractivity contribution in [2.24, 2.45) is 0 Å². The quantitative estimate of drug-likeness (QED) is 0.330. The molecule has 4 rings (SSSR count). The first-order valence-electron chi connectivity index (χ1n) is 9.52. The van der Waals surface area contributed by atoms with Gasteiger partial charge in [0.2, 0.25) is 0 Å². The zero-order valence-electron chi connectivity index (χ0n) is 16.2. The van der Waals surface area contributed by atoms with Crippen molar-refractivity contribution in [2.75, 3.05) is 5.32 Å². The first-order chi connectivity index (χ1) is 14.8. The topological polar surface area (TPSA) is 64.6 Å². The largest absolute Gasteiger partial charge is 0.467 e. The van der Waals surface area contributed by atoms with Gasteiger partial charge in [0.05, 0.1) is 19.1 Å². The van der Waals surface area contributed by atoms with Crippen LogP contribution < -0.4 is 5.32 Å². The van der Waals surface area contributed by atoms with Crippen LogP contribution in [-0.2, 0) is 23.7 Å². The molecule has 30 heavy (non-hydrogen) atoms. The third kappa shape index (κ3) is 5.43. The van der Waals surface area contributed by atoms with E-state index >= 15 is 0 Å². The molecule has 0 aliphatic heterocycles. The smallest absolute Gasteiger partial charge is 0.291 e. The SMILES string of the molecule is O=C(Nc1cccc(COCc2ccco2)c1)c1occc1CSc1ccccc1. The Kier molecular flexibility index (Phi) is 6.69. The summed E-state index contributed by atoms with van der Waals surface area (Å²) in [5, 5.41) is 2.91. The molecule has 0 aliphatic rings. The molecule has 2 aromatic carbocycles. The van der Waals surface area contributed by atoms with Crippen molar-refractivity contribution in [2.45, 2.75) is 23.9 Å². The van der Waals surface area contributed by atoms with E-state index in [2.05, 4.69) is 5.32 Å². The zero-order chi connectivity index (χ0) is 20.6. The van der Waals surface area contributed by atoms with Crippen LogP contribution in [0.3, 0.4) is 0 Å². The fourth-order valence-electron chi connectivity index (χ4n) is 2.92. The van der Waals surface area contributed by atoms with Crippen molar-refractivity contribution in [1.82, 2.24) is 0 Å². The number of ether oxygens (including phenoxy) is 1. The predicted octanol–water partition coefficient (Wildman–Crippen LogP) is 6.13. The minimum absolute atomic E-state index is 0.266. The summed E-state index contributed by atoms with van der Waals surface area (Å²) in [6.07, 6.45) is 3.17. The number of hydrogen-bond acceptors (Lipinski definition) is 5. The van der Waals surface area contributed by atoms with Crippen molar-refractivity contribution < 1.29 is 18.4 Å². The Hall–Kier alpha value is -3.22. The second kappa shape index (κ2) is 10.0. The summed E-state index contributed by atoms with van der Waals surface area (Å²) in [5.74, 6) is 1.50. The van der Waals surface area contributed by atoms with Crippen LogP contribution in [0.1, 0.15) is 27.4 Å². The summed E-state index contributed by atoms with van der Waals surface area (Å²) < 4.78 is 16.4. The maximum Gasteiger partial charge on any atom is 0.291 e. The Labute approximate surface area is 179 Å². The molecule has 0 saturated carbocycles. The number of rotatable bonds is 9. The molecule has 0 bridgehead atoms. The third-order valence-corrected chi connectivity index (χ3v) is 5.43. The number of anilines is 1. The molecule has 2 heterocycles. The molecule has 0 radical (unpaired) electrons. The van der Waals surface area contributed by atoms with Gasteiger partial charge in [0.15, 0.2) is 5.76 Å². The monoisotopic (exact) mass is 419 g/mol. The predicted molar refractivity (Wildman–Crippen MR) is 116 cm³/mol. The molecular weight excluding hydrogens is 398 g/mol. The van der Waals surface area contributed by atoms with Gasteiger partial charge in [-0.1, -0.05) is 30.3 Å². The lowest BCUT2D eigenvalue weighted by atomic mass is 10.2. The van der Waals surface area contributed by atoms with E-state index in [1.54, 1.807) is 24.3 Å². The number of thioether (sulfide) groups is 1. The molecule has 6 heteroatoms. The van der Waals surface area contributed by atoms with Crippen LogP contribution in [0.2, 0.25) is 0 Å². The lowest BCUT2D eigenvalue weighted by molar-refractivity contribution is 0.0929. The van der Waals surface area contributed by atoms with Gasteiger partial charge in [-0.15, -0.1) is 11.8 Å². The molecule has 1 amide bonds. The van der Waals surface area contributed by atoms with Crippen molar-refractivity contribution >= 4 is 23.4 Å². The van der Waals surface area contributed by atoms with Crippen LogP contribution in [0.4, 0.5) is 5.69 Å². The Morgan fingerprint density at radius 2 is 1.80 bits per heavy atom. The molecule has 2 aromatic heterocycles. The first-order valence-corrected chi connectivity index (χ1v) is 10.5. The van der Waals surface area contributed by atoms with E-state index in [-0.39, 0.29) is 5.91 Å². The Bertz CT molecular complexity index is 1070. The van der Waals surface area contributed by atoms with Gasteiger partial charge in [-0.25, -0.2) is 0 Å². The van der Waals surface area contributed by atoms with Gasteiger partial charge in [0, 0.05) is 21.9 Å². The van der Waals surface area contributed by atoms with Crippen molar-refractivity contribution in [3.63, 3.8) is 0 Å². The van der Waals surface area contributed by atoms with Crippen LogP contribution in [0.5, 0.6) is 0 Å². The summed E-state index contributed by atoms with van der Waals surface area (Å²) in [7, 11) is 0. The summed E-state index contributed by atoms with van der Waals surface area (Å²) in [4.78, 5) is 13.9. The number of amides is 1. The summed E-state index contributed by atoms with van der Waals surface area (Å²) >= 11 is 1.66. The van der Waals surface area contributed by atoms with Crippen LogP contribution in [0.15, 0.2) is 99.1 Å². The zero-order valence-corrected chi connectivity index (χ0v) is 17.1.